The number of piperidine rings is 1. The van der Waals surface area contributed by atoms with Crippen molar-refractivity contribution < 1.29 is 4.57 Å². The Hall–Kier alpha value is -2.40. The SMILES string of the molecule is CP(C)(=O)c1ccccc1Nc1nc(Nc2cccc(CN3CCCCC3)c2)ncc1Cl. The van der Waals surface area contributed by atoms with Crippen molar-refractivity contribution in [2.45, 2.75) is 25.8 Å². The number of hydrogen-bond donors (Lipinski definition) is 2. The molecule has 2 aromatic carbocycles. The van der Waals surface area contributed by atoms with Gasteiger partial charge in [0.05, 0.1) is 11.9 Å². The topological polar surface area (TPSA) is 70.2 Å². The van der Waals surface area contributed by atoms with Gasteiger partial charge < -0.3 is 15.2 Å². The van der Waals surface area contributed by atoms with Crippen LogP contribution in [-0.2, 0) is 11.1 Å². The zero-order valence-electron chi connectivity index (χ0n) is 18.5. The van der Waals surface area contributed by atoms with Crippen molar-refractivity contribution in [3.8, 4) is 0 Å². The average Bonchev–Trinajstić information content (AvgIpc) is 2.77. The average molecular weight is 470 g/mol. The van der Waals surface area contributed by atoms with Crippen molar-refractivity contribution in [3.63, 3.8) is 0 Å². The zero-order valence-corrected chi connectivity index (χ0v) is 20.2. The normalized spacial score (nSPS) is 14.8. The van der Waals surface area contributed by atoms with E-state index in [0.717, 1.165) is 36.3 Å². The maximum absolute atomic E-state index is 12.7. The summed E-state index contributed by atoms with van der Waals surface area (Å²) < 4.78 is 12.7. The van der Waals surface area contributed by atoms with E-state index in [2.05, 4.69) is 37.6 Å². The number of benzene rings is 2. The molecule has 1 aliphatic heterocycles. The molecule has 2 heterocycles. The lowest BCUT2D eigenvalue weighted by molar-refractivity contribution is 0.221. The largest absolute Gasteiger partial charge is 0.338 e. The number of para-hydroxylation sites is 1. The molecule has 32 heavy (non-hydrogen) atoms. The third-order valence-corrected chi connectivity index (χ3v) is 7.35. The van der Waals surface area contributed by atoms with Gasteiger partial charge in [-0.25, -0.2) is 4.98 Å². The van der Waals surface area contributed by atoms with E-state index in [-0.39, 0.29) is 0 Å². The van der Waals surface area contributed by atoms with E-state index in [1.54, 1.807) is 19.5 Å². The van der Waals surface area contributed by atoms with Gasteiger partial charge in [-0.3, -0.25) is 4.90 Å². The van der Waals surface area contributed by atoms with E-state index in [9.17, 15) is 4.57 Å². The van der Waals surface area contributed by atoms with Crippen LogP contribution in [0.5, 0.6) is 0 Å². The lowest BCUT2D eigenvalue weighted by atomic mass is 10.1. The van der Waals surface area contributed by atoms with Crippen LogP contribution in [0.15, 0.2) is 54.7 Å². The Labute approximate surface area is 194 Å². The minimum absolute atomic E-state index is 0.395. The summed E-state index contributed by atoms with van der Waals surface area (Å²) in [5, 5.41) is 7.68. The Morgan fingerprint density at radius 3 is 2.59 bits per heavy atom. The first-order valence-electron chi connectivity index (χ1n) is 10.9. The highest BCUT2D eigenvalue weighted by Crippen LogP contribution is 2.38. The Bertz CT molecular complexity index is 1130. The van der Waals surface area contributed by atoms with Crippen LogP contribution in [0.2, 0.25) is 5.02 Å². The van der Waals surface area contributed by atoms with Gasteiger partial charge in [0.1, 0.15) is 12.2 Å². The summed E-state index contributed by atoms with van der Waals surface area (Å²) in [6, 6.07) is 15.9. The fourth-order valence-corrected chi connectivity index (χ4v) is 5.24. The molecule has 8 heteroatoms. The molecule has 4 rings (SSSR count). The number of hydrogen-bond acceptors (Lipinski definition) is 6. The standard InChI is InChI=1S/C24H29ClN5OP/c1-32(2,31)22-12-5-4-11-21(22)28-23-20(25)16-26-24(29-23)27-19-10-8-9-18(15-19)17-30-13-6-3-7-14-30/h4-5,8-12,15-16H,3,6-7,13-14,17H2,1-2H3,(H2,26,27,28,29). The van der Waals surface area contributed by atoms with Crippen molar-refractivity contribution in [1.82, 2.24) is 14.9 Å². The van der Waals surface area contributed by atoms with E-state index < -0.39 is 7.14 Å². The Morgan fingerprint density at radius 2 is 1.81 bits per heavy atom. The molecule has 2 N–H and O–H groups in total. The lowest BCUT2D eigenvalue weighted by Gasteiger charge is -2.26. The van der Waals surface area contributed by atoms with Gasteiger partial charge in [0.25, 0.3) is 0 Å². The fraction of sp³-hybridized carbons (Fsp3) is 0.333. The maximum Gasteiger partial charge on any atom is 0.229 e. The number of aromatic nitrogens is 2. The van der Waals surface area contributed by atoms with Crippen LogP contribution in [0.25, 0.3) is 0 Å². The number of likely N-dealkylation sites (tertiary alicyclic amines) is 1. The monoisotopic (exact) mass is 469 g/mol. The summed E-state index contributed by atoms with van der Waals surface area (Å²) >= 11 is 6.36. The van der Waals surface area contributed by atoms with E-state index in [0.29, 0.717) is 16.8 Å². The zero-order chi connectivity index (χ0) is 22.6. The molecule has 1 aromatic heterocycles. The van der Waals surface area contributed by atoms with Crippen molar-refractivity contribution in [1.29, 1.82) is 0 Å². The molecule has 0 aliphatic carbocycles. The molecule has 0 spiro atoms. The first-order chi connectivity index (χ1) is 15.4. The van der Waals surface area contributed by atoms with Crippen molar-refractivity contribution in [2.75, 3.05) is 37.1 Å². The summed E-state index contributed by atoms with van der Waals surface area (Å²) in [6.45, 7) is 6.78. The predicted molar refractivity (Wildman–Crippen MR) is 135 cm³/mol. The van der Waals surface area contributed by atoms with Gasteiger partial charge in [0, 0.05) is 17.5 Å². The molecule has 0 bridgehead atoms. The molecular formula is C24H29ClN5OP. The number of rotatable bonds is 7. The molecule has 0 saturated carbocycles. The predicted octanol–water partition coefficient (Wildman–Crippen LogP) is 5.85. The minimum atomic E-state index is -2.46. The first kappa shape index (κ1) is 22.8. The highest BCUT2D eigenvalue weighted by atomic mass is 35.5. The van der Waals surface area contributed by atoms with Gasteiger partial charge in [-0.15, -0.1) is 0 Å². The Kier molecular flexibility index (Phi) is 7.14. The molecule has 0 atom stereocenters. The number of anilines is 4. The molecule has 3 aromatic rings. The maximum atomic E-state index is 12.7. The molecule has 1 fully saturated rings. The fourth-order valence-electron chi connectivity index (χ4n) is 3.94. The summed E-state index contributed by atoms with van der Waals surface area (Å²) in [6.07, 6.45) is 5.46. The molecule has 1 aliphatic rings. The molecule has 168 valence electrons. The molecule has 0 radical (unpaired) electrons. The van der Waals surface area contributed by atoms with Crippen LogP contribution in [0.4, 0.5) is 23.1 Å². The third-order valence-electron chi connectivity index (χ3n) is 5.52. The molecule has 0 amide bonds. The van der Waals surface area contributed by atoms with Crippen LogP contribution >= 0.6 is 18.7 Å². The molecule has 6 nitrogen and oxygen atoms in total. The van der Waals surface area contributed by atoms with Gasteiger partial charge >= 0.3 is 0 Å². The van der Waals surface area contributed by atoms with Crippen molar-refractivity contribution in [2.24, 2.45) is 0 Å². The van der Waals surface area contributed by atoms with E-state index >= 15 is 0 Å². The second-order valence-electron chi connectivity index (χ2n) is 8.55. The smallest absolute Gasteiger partial charge is 0.229 e. The van der Waals surface area contributed by atoms with Gasteiger partial charge in [-0.1, -0.05) is 42.3 Å². The minimum Gasteiger partial charge on any atom is -0.338 e. The van der Waals surface area contributed by atoms with Crippen molar-refractivity contribution >= 4 is 47.2 Å². The van der Waals surface area contributed by atoms with Crippen LogP contribution in [0.3, 0.4) is 0 Å². The van der Waals surface area contributed by atoms with Crippen LogP contribution in [0.1, 0.15) is 24.8 Å². The van der Waals surface area contributed by atoms with Crippen LogP contribution in [-0.4, -0.2) is 41.3 Å². The molecule has 0 unspecified atom stereocenters. The van der Waals surface area contributed by atoms with Crippen LogP contribution in [0, 0.1) is 0 Å². The van der Waals surface area contributed by atoms with Crippen molar-refractivity contribution in [3.05, 3.63) is 65.3 Å². The van der Waals surface area contributed by atoms with Crippen LogP contribution < -0.4 is 15.9 Å². The Morgan fingerprint density at radius 1 is 1.03 bits per heavy atom. The van der Waals surface area contributed by atoms with Gasteiger partial charge in [0.2, 0.25) is 5.95 Å². The third kappa shape index (κ3) is 5.89. The summed E-state index contributed by atoms with van der Waals surface area (Å²) in [4.78, 5) is 11.4. The summed E-state index contributed by atoms with van der Waals surface area (Å²) in [5.41, 5.74) is 2.93. The van der Waals surface area contributed by atoms with E-state index in [1.165, 1.54) is 24.8 Å². The highest BCUT2D eigenvalue weighted by Gasteiger charge is 2.17. The van der Waals surface area contributed by atoms with Gasteiger partial charge in [0.15, 0.2) is 5.82 Å². The number of nitrogens with zero attached hydrogens (tertiary/aromatic N) is 3. The highest BCUT2D eigenvalue weighted by molar-refractivity contribution is 7.70. The molecule has 1 saturated heterocycles. The number of nitrogens with one attached hydrogen (secondary N) is 2. The van der Waals surface area contributed by atoms with E-state index in [1.807, 2.05) is 36.4 Å². The van der Waals surface area contributed by atoms with E-state index in [4.69, 9.17) is 11.6 Å². The molecular weight excluding hydrogens is 441 g/mol. The second kappa shape index (κ2) is 10.0. The van der Waals surface area contributed by atoms with Gasteiger partial charge in [-0.05, 0) is 69.1 Å². The summed E-state index contributed by atoms with van der Waals surface area (Å²) in [5.74, 6) is 0.912. The van der Waals surface area contributed by atoms with Gasteiger partial charge in [-0.2, -0.15) is 4.98 Å². The quantitative estimate of drug-likeness (QED) is 0.423. The summed E-state index contributed by atoms with van der Waals surface area (Å²) in [7, 11) is -2.46. The Balaban J connectivity index is 1.51. The first-order valence-corrected chi connectivity index (χ1v) is 13.9. The lowest BCUT2D eigenvalue weighted by Crippen LogP contribution is -2.29. The second-order valence-corrected chi connectivity index (χ2v) is 12.1. The number of halogens is 1.